The minimum Gasteiger partial charge on any atom is -0.371 e. The van der Waals surface area contributed by atoms with E-state index >= 15 is 0 Å². The second kappa shape index (κ2) is 5.68. The normalized spacial score (nSPS) is 13.8. The lowest BCUT2D eigenvalue weighted by molar-refractivity contribution is -0.173. The molecule has 0 spiro atoms. The van der Waals surface area contributed by atoms with Crippen LogP contribution in [-0.2, 0) is 4.74 Å². The van der Waals surface area contributed by atoms with Crippen molar-refractivity contribution in [2.75, 3.05) is 13.2 Å². The van der Waals surface area contributed by atoms with E-state index in [1.165, 1.54) is 0 Å². The Labute approximate surface area is 101 Å². The first kappa shape index (κ1) is 13.5. The maximum absolute atomic E-state index is 11.8. The molecule has 1 aromatic rings. The molecule has 16 heavy (non-hydrogen) atoms. The van der Waals surface area contributed by atoms with E-state index in [9.17, 15) is 13.2 Å². The highest BCUT2D eigenvalue weighted by Gasteiger charge is 2.27. The third-order valence-corrected chi connectivity index (χ3v) is 2.76. The SMILES string of the molecule is Cc1ccc(C(Br)COCC(F)(F)F)cc1. The van der Waals surface area contributed by atoms with Gasteiger partial charge in [0.25, 0.3) is 0 Å². The van der Waals surface area contributed by atoms with Crippen molar-refractivity contribution in [3.05, 3.63) is 35.4 Å². The molecule has 0 saturated heterocycles. The van der Waals surface area contributed by atoms with Crippen LogP contribution in [0.3, 0.4) is 0 Å². The molecule has 0 fully saturated rings. The molecule has 0 N–H and O–H groups in total. The summed E-state index contributed by atoms with van der Waals surface area (Å²) in [6.07, 6.45) is -4.26. The first-order chi connectivity index (χ1) is 7.38. The predicted octanol–water partition coefficient (Wildman–Crippen LogP) is 4.01. The molecule has 0 aliphatic rings. The van der Waals surface area contributed by atoms with E-state index in [1.807, 2.05) is 31.2 Å². The largest absolute Gasteiger partial charge is 0.411 e. The summed E-state index contributed by atoms with van der Waals surface area (Å²) in [5.74, 6) is 0. The summed E-state index contributed by atoms with van der Waals surface area (Å²) in [5.41, 5.74) is 2.02. The summed E-state index contributed by atoms with van der Waals surface area (Å²) in [5, 5.41) is 0. The maximum atomic E-state index is 11.8. The van der Waals surface area contributed by atoms with E-state index in [0.717, 1.165) is 11.1 Å². The van der Waals surface area contributed by atoms with Crippen LogP contribution < -0.4 is 0 Å². The van der Waals surface area contributed by atoms with E-state index in [1.54, 1.807) is 0 Å². The minimum atomic E-state index is -4.26. The van der Waals surface area contributed by atoms with Gasteiger partial charge in [-0.2, -0.15) is 13.2 Å². The Morgan fingerprint density at radius 3 is 2.31 bits per heavy atom. The summed E-state index contributed by atoms with van der Waals surface area (Å²) >= 11 is 3.29. The predicted molar refractivity (Wildman–Crippen MR) is 59.7 cm³/mol. The number of benzene rings is 1. The number of halogens is 4. The Morgan fingerprint density at radius 2 is 1.81 bits per heavy atom. The lowest BCUT2D eigenvalue weighted by Gasteiger charge is -2.12. The maximum Gasteiger partial charge on any atom is 0.411 e. The molecule has 1 nitrogen and oxygen atoms in total. The average Bonchev–Trinajstić information content (AvgIpc) is 2.16. The Morgan fingerprint density at radius 1 is 1.25 bits per heavy atom. The van der Waals surface area contributed by atoms with Gasteiger partial charge < -0.3 is 4.74 Å². The molecular formula is C11H12BrF3O. The zero-order valence-corrected chi connectivity index (χ0v) is 10.3. The van der Waals surface area contributed by atoms with Crippen LogP contribution in [-0.4, -0.2) is 19.4 Å². The van der Waals surface area contributed by atoms with Crippen molar-refractivity contribution in [2.45, 2.75) is 17.9 Å². The molecule has 0 bridgehead atoms. The second-order valence-electron chi connectivity index (χ2n) is 3.51. The zero-order valence-electron chi connectivity index (χ0n) is 8.72. The zero-order chi connectivity index (χ0) is 12.2. The molecule has 5 heteroatoms. The van der Waals surface area contributed by atoms with Crippen molar-refractivity contribution in [1.29, 1.82) is 0 Å². The van der Waals surface area contributed by atoms with Gasteiger partial charge in [-0.3, -0.25) is 0 Å². The van der Waals surface area contributed by atoms with Crippen molar-refractivity contribution in [1.82, 2.24) is 0 Å². The Hall–Kier alpha value is -0.550. The molecule has 0 aliphatic carbocycles. The summed E-state index contributed by atoms with van der Waals surface area (Å²) in [4.78, 5) is -0.213. The van der Waals surface area contributed by atoms with Crippen LogP contribution in [0.4, 0.5) is 13.2 Å². The molecule has 90 valence electrons. The number of hydrogen-bond acceptors (Lipinski definition) is 1. The fourth-order valence-corrected chi connectivity index (χ4v) is 1.64. The molecule has 0 radical (unpaired) electrons. The second-order valence-corrected chi connectivity index (χ2v) is 4.61. The molecule has 0 aromatic heterocycles. The van der Waals surface area contributed by atoms with Crippen molar-refractivity contribution in [2.24, 2.45) is 0 Å². The number of ether oxygens (including phenoxy) is 1. The van der Waals surface area contributed by atoms with E-state index in [0.29, 0.717) is 0 Å². The van der Waals surface area contributed by atoms with Crippen molar-refractivity contribution in [3.63, 3.8) is 0 Å². The van der Waals surface area contributed by atoms with Gasteiger partial charge in [0, 0.05) is 0 Å². The summed E-state index contributed by atoms with van der Waals surface area (Å²) in [6, 6.07) is 7.55. The van der Waals surface area contributed by atoms with E-state index < -0.39 is 12.8 Å². The number of hydrogen-bond donors (Lipinski definition) is 0. The van der Waals surface area contributed by atoms with Crippen molar-refractivity contribution in [3.8, 4) is 0 Å². The van der Waals surface area contributed by atoms with Crippen LogP contribution >= 0.6 is 15.9 Å². The van der Waals surface area contributed by atoms with Crippen molar-refractivity contribution < 1.29 is 17.9 Å². The van der Waals surface area contributed by atoms with Gasteiger partial charge in [0.2, 0.25) is 0 Å². The number of rotatable bonds is 4. The summed E-state index contributed by atoms with van der Waals surface area (Å²) < 4.78 is 40.0. The highest BCUT2D eigenvalue weighted by atomic mass is 79.9. The smallest absolute Gasteiger partial charge is 0.371 e. The third kappa shape index (κ3) is 4.99. The van der Waals surface area contributed by atoms with Gasteiger partial charge in [0.1, 0.15) is 6.61 Å². The van der Waals surface area contributed by atoms with Crippen LogP contribution in [0.5, 0.6) is 0 Å². The molecule has 1 atom stereocenters. The van der Waals surface area contributed by atoms with Crippen LogP contribution in [0, 0.1) is 6.92 Å². The van der Waals surface area contributed by atoms with Gasteiger partial charge in [-0.25, -0.2) is 0 Å². The first-order valence-electron chi connectivity index (χ1n) is 4.73. The highest BCUT2D eigenvalue weighted by molar-refractivity contribution is 9.09. The fourth-order valence-electron chi connectivity index (χ4n) is 1.15. The lowest BCUT2D eigenvalue weighted by atomic mass is 10.1. The first-order valence-corrected chi connectivity index (χ1v) is 5.65. The molecule has 0 saturated carbocycles. The molecule has 1 unspecified atom stereocenters. The van der Waals surface area contributed by atoms with Crippen LogP contribution in [0.15, 0.2) is 24.3 Å². The third-order valence-electron chi connectivity index (χ3n) is 1.97. The van der Waals surface area contributed by atoms with E-state index in [4.69, 9.17) is 0 Å². The van der Waals surface area contributed by atoms with Crippen LogP contribution in [0.2, 0.25) is 0 Å². The average molecular weight is 297 g/mol. The van der Waals surface area contributed by atoms with Crippen LogP contribution in [0.1, 0.15) is 16.0 Å². The molecule has 1 aromatic carbocycles. The van der Waals surface area contributed by atoms with Gasteiger partial charge in [-0.15, -0.1) is 0 Å². The van der Waals surface area contributed by atoms with Crippen molar-refractivity contribution >= 4 is 15.9 Å². The monoisotopic (exact) mass is 296 g/mol. The topological polar surface area (TPSA) is 9.23 Å². The summed E-state index contributed by atoms with van der Waals surface area (Å²) in [7, 11) is 0. The Kier molecular flexibility index (Phi) is 4.80. The minimum absolute atomic E-state index is 0.00255. The molecule has 1 rings (SSSR count). The fraction of sp³-hybridized carbons (Fsp3) is 0.455. The lowest BCUT2D eigenvalue weighted by Crippen LogP contribution is -2.18. The van der Waals surface area contributed by atoms with Gasteiger partial charge in [0.15, 0.2) is 0 Å². The molecule has 0 aliphatic heterocycles. The summed E-state index contributed by atoms with van der Waals surface area (Å²) in [6.45, 7) is 0.747. The van der Waals surface area contributed by atoms with Gasteiger partial charge in [-0.1, -0.05) is 45.8 Å². The number of alkyl halides is 4. The Balaban J connectivity index is 2.41. The standard InChI is InChI=1S/C11H12BrF3O/c1-8-2-4-9(5-3-8)10(12)6-16-7-11(13,14)15/h2-5,10H,6-7H2,1H3. The van der Waals surface area contributed by atoms with Gasteiger partial charge >= 0.3 is 6.18 Å². The molecule has 0 heterocycles. The van der Waals surface area contributed by atoms with Crippen LogP contribution in [0.25, 0.3) is 0 Å². The highest BCUT2D eigenvalue weighted by Crippen LogP contribution is 2.24. The quantitative estimate of drug-likeness (QED) is 0.763. The van der Waals surface area contributed by atoms with Gasteiger partial charge in [-0.05, 0) is 12.5 Å². The Bertz CT molecular complexity index is 321. The molecular weight excluding hydrogens is 285 g/mol. The number of aryl methyl sites for hydroxylation is 1. The van der Waals surface area contributed by atoms with E-state index in [2.05, 4.69) is 20.7 Å². The molecule has 0 amide bonds. The van der Waals surface area contributed by atoms with Gasteiger partial charge in [0.05, 0.1) is 11.4 Å². The van der Waals surface area contributed by atoms with E-state index in [-0.39, 0.29) is 11.4 Å².